The Hall–Kier alpha value is -0.840. The largest absolute Gasteiger partial charge is 0.497 e. The third kappa shape index (κ3) is 1.60. The highest BCUT2D eigenvalue weighted by atomic mass is 127. The summed E-state index contributed by atoms with van der Waals surface area (Å²) >= 11 is 2.26. The Morgan fingerprint density at radius 3 is 3.00 bits per heavy atom. The number of benzene rings is 1. The molecule has 0 saturated carbocycles. The lowest BCUT2D eigenvalue weighted by Gasteiger charge is -2.03. The van der Waals surface area contributed by atoms with E-state index in [0.717, 1.165) is 20.2 Å². The van der Waals surface area contributed by atoms with Crippen LogP contribution in [0.25, 0.3) is 10.9 Å². The van der Waals surface area contributed by atoms with Crippen LogP contribution in [0.3, 0.4) is 0 Å². The number of hydrogen-bond donors (Lipinski definition) is 0. The average molecular weight is 285 g/mol. The number of ether oxygens (including phenoxy) is 1. The predicted molar refractivity (Wildman–Crippen MR) is 61.0 cm³/mol. The summed E-state index contributed by atoms with van der Waals surface area (Å²) in [6.45, 7) is 0. The lowest BCUT2D eigenvalue weighted by molar-refractivity contribution is 0.415. The fraction of sp³-hybridized carbons (Fsp3) is 0.100. The molecule has 2 nitrogen and oxygen atoms in total. The predicted octanol–water partition coefficient (Wildman–Crippen LogP) is 2.85. The Morgan fingerprint density at radius 2 is 2.23 bits per heavy atom. The number of halogens is 1. The molecule has 0 aliphatic rings. The van der Waals surface area contributed by atoms with Gasteiger partial charge in [0.25, 0.3) is 0 Å². The smallest absolute Gasteiger partial charge is 0.120 e. The van der Waals surface area contributed by atoms with Crippen molar-refractivity contribution >= 4 is 33.5 Å². The molecule has 1 aromatic heterocycles. The van der Waals surface area contributed by atoms with Crippen molar-refractivity contribution < 1.29 is 4.74 Å². The lowest BCUT2D eigenvalue weighted by Crippen LogP contribution is -1.87. The number of aromatic nitrogens is 1. The first-order valence-corrected chi connectivity index (χ1v) is 4.97. The van der Waals surface area contributed by atoms with Gasteiger partial charge in [0, 0.05) is 15.2 Å². The monoisotopic (exact) mass is 285 g/mol. The molecule has 2 rings (SSSR count). The van der Waals surface area contributed by atoms with Crippen LogP contribution in [0.1, 0.15) is 0 Å². The van der Waals surface area contributed by atoms with E-state index < -0.39 is 0 Å². The highest BCUT2D eigenvalue weighted by Crippen LogP contribution is 2.24. The summed E-state index contributed by atoms with van der Waals surface area (Å²) < 4.78 is 6.29. The molecule has 0 aliphatic carbocycles. The number of fused-ring (bicyclic) bond motifs is 1. The molecule has 1 heterocycles. The van der Waals surface area contributed by atoms with Crippen molar-refractivity contribution in [2.24, 2.45) is 0 Å². The number of rotatable bonds is 1. The van der Waals surface area contributed by atoms with Gasteiger partial charge in [0.05, 0.1) is 12.6 Å². The summed E-state index contributed by atoms with van der Waals surface area (Å²) in [5.74, 6) is 0.880. The fourth-order valence-corrected chi connectivity index (χ4v) is 2.00. The fourth-order valence-electron chi connectivity index (χ4n) is 1.24. The van der Waals surface area contributed by atoms with Gasteiger partial charge in [-0.25, -0.2) is 0 Å². The molecule has 3 heteroatoms. The molecule has 0 aliphatic heterocycles. The Kier molecular flexibility index (Phi) is 2.35. The van der Waals surface area contributed by atoms with Gasteiger partial charge in [-0.05, 0) is 40.8 Å². The van der Waals surface area contributed by atoms with E-state index in [9.17, 15) is 0 Å². The van der Waals surface area contributed by atoms with E-state index in [-0.39, 0.29) is 0 Å². The molecular formula is C10H8INO. The molecule has 1 aromatic carbocycles. The molecule has 0 amide bonds. The van der Waals surface area contributed by atoms with Gasteiger partial charge in [-0.1, -0.05) is 6.07 Å². The zero-order valence-electron chi connectivity index (χ0n) is 7.12. The van der Waals surface area contributed by atoms with E-state index in [4.69, 9.17) is 4.74 Å². The van der Waals surface area contributed by atoms with Crippen LogP contribution in [0.15, 0.2) is 30.5 Å². The molecule has 0 unspecified atom stereocenters. The number of hydrogen-bond acceptors (Lipinski definition) is 2. The van der Waals surface area contributed by atoms with Gasteiger partial charge in [0.2, 0.25) is 0 Å². The first kappa shape index (κ1) is 8.74. The maximum Gasteiger partial charge on any atom is 0.120 e. The second kappa shape index (κ2) is 3.49. The first-order chi connectivity index (χ1) is 6.31. The molecular weight excluding hydrogens is 277 g/mol. The van der Waals surface area contributed by atoms with Crippen molar-refractivity contribution in [1.29, 1.82) is 0 Å². The second-order valence-corrected chi connectivity index (χ2v) is 3.85. The molecule has 2 aromatic rings. The van der Waals surface area contributed by atoms with Gasteiger partial charge >= 0.3 is 0 Å². The highest BCUT2D eigenvalue weighted by Gasteiger charge is 2.01. The van der Waals surface area contributed by atoms with Crippen molar-refractivity contribution in [2.75, 3.05) is 7.11 Å². The van der Waals surface area contributed by atoms with Gasteiger partial charge < -0.3 is 4.74 Å². The van der Waals surface area contributed by atoms with Crippen LogP contribution in [0.4, 0.5) is 0 Å². The number of nitrogens with zero attached hydrogens (tertiary/aromatic N) is 1. The minimum atomic E-state index is 0.880. The van der Waals surface area contributed by atoms with Crippen molar-refractivity contribution in [1.82, 2.24) is 4.98 Å². The van der Waals surface area contributed by atoms with Crippen molar-refractivity contribution in [2.45, 2.75) is 0 Å². The maximum atomic E-state index is 5.17. The molecule has 0 spiro atoms. The normalized spacial score (nSPS) is 10.3. The van der Waals surface area contributed by atoms with Gasteiger partial charge in [-0.3, -0.25) is 4.98 Å². The van der Waals surface area contributed by atoms with E-state index in [1.165, 1.54) is 0 Å². The van der Waals surface area contributed by atoms with Crippen molar-refractivity contribution in [3.05, 3.63) is 34.0 Å². The molecule has 66 valence electrons. The van der Waals surface area contributed by atoms with E-state index in [2.05, 4.69) is 27.6 Å². The van der Waals surface area contributed by atoms with Crippen LogP contribution in [-0.2, 0) is 0 Å². The van der Waals surface area contributed by atoms with E-state index in [1.807, 2.05) is 24.3 Å². The Labute approximate surface area is 90.1 Å². The standard InChI is InChI=1S/C10H8INO/c1-13-8-5-7-3-2-4-12-10(7)9(11)6-8/h2-6H,1H3. The molecule has 0 radical (unpaired) electrons. The van der Waals surface area contributed by atoms with Gasteiger partial charge in [-0.2, -0.15) is 0 Å². The van der Waals surface area contributed by atoms with Crippen LogP contribution >= 0.6 is 22.6 Å². The summed E-state index contributed by atoms with van der Waals surface area (Å²) in [4.78, 5) is 4.29. The Bertz CT molecular complexity index is 442. The minimum Gasteiger partial charge on any atom is -0.497 e. The number of methoxy groups -OCH3 is 1. The average Bonchev–Trinajstić information content (AvgIpc) is 2.18. The molecule has 0 fully saturated rings. The van der Waals surface area contributed by atoms with Crippen LogP contribution < -0.4 is 4.74 Å². The maximum absolute atomic E-state index is 5.17. The van der Waals surface area contributed by atoms with Crippen LogP contribution in [0, 0.1) is 3.57 Å². The SMILES string of the molecule is COc1cc(I)c2ncccc2c1. The zero-order valence-corrected chi connectivity index (χ0v) is 9.28. The van der Waals surface area contributed by atoms with Crippen LogP contribution in [0.5, 0.6) is 5.75 Å². The summed E-state index contributed by atoms with van der Waals surface area (Å²) in [5, 5.41) is 1.12. The van der Waals surface area contributed by atoms with Gasteiger partial charge in [0.15, 0.2) is 0 Å². The van der Waals surface area contributed by atoms with E-state index in [0.29, 0.717) is 0 Å². The molecule has 0 bridgehead atoms. The van der Waals surface area contributed by atoms with Crippen molar-refractivity contribution in [3.63, 3.8) is 0 Å². The Morgan fingerprint density at radius 1 is 1.38 bits per heavy atom. The molecule has 0 atom stereocenters. The van der Waals surface area contributed by atoms with Crippen LogP contribution in [0.2, 0.25) is 0 Å². The zero-order chi connectivity index (χ0) is 9.26. The van der Waals surface area contributed by atoms with Crippen LogP contribution in [-0.4, -0.2) is 12.1 Å². The molecule has 0 saturated heterocycles. The second-order valence-electron chi connectivity index (χ2n) is 2.68. The third-order valence-electron chi connectivity index (χ3n) is 1.87. The molecule has 13 heavy (non-hydrogen) atoms. The number of pyridine rings is 1. The molecule has 0 N–H and O–H groups in total. The van der Waals surface area contributed by atoms with Crippen molar-refractivity contribution in [3.8, 4) is 5.75 Å². The summed E-state index contributed by atoms with van der Waals surface area (Å²) in [5.41, 5.74) is 1.03. The van der Waals surface area contributed by atoms with Gasteiger partial charge in [-0.15, -0.1) is 0 Å². The summed E-state index contributed by atoms with van der Waals surface area (Å²) in [7, 11) is 1.67. The highest BCUT2D eigenvalue weighted by molar-refractivity contribution is 14.1. The quantitative estimate of drug-likeness (QED) is 0.752. The Balaban J connectivity index is 2.77. The minimum absolute atomic E-state index is 0.880. The third-order valence-corrected chi connectivity index (χ3v) is 2.69. The summed E-state index contributed by atoms with van der Waals surface area (Å²) in [6, 6.07) is 7.94. The first-order valence-electron chi connectivity index (χ1n) is 3.89. The van der Waals surface area contributed by atoms with E-state index in [1.54, 1.807) is 13.3 Å². The summed E-state index contributed by atoms with van der Waals surface area (Å²) in [6.07, 6.45) is 1.80. The topological polar surface area (TPSA) is 22.1 Å². The lowest BCUT2D eigenvalue weighted by atomic mass is 10.2. The van der Waals surface area contributed by atoms with Gasteiger partial charge in [0.1, 0.15) is 5.75 Å². The van der Waals surface area contributed by atoms with E-state index >= 15 is 0 Å².